The van der Waals surface area contributed by atoms with Gasteiger partial charge in [0.2, 0.25) is 18.0 Å². The van der Waals surface area contributed by atoms with Crippen molar-refractivity contribution in [1.82, 2.24) is 44.9 Å². The molecular weight excluding hydrogens is 974 g/mol. The molecule has 19 heteroatoms. The first kappa shape index (κ1) is 50.7. The number of nitrogens with one attached hydrogen (secondary N) is 4. The van der Waals surface area contributed by atoms with E-state index in [2.05, 4.69) is 44.2 Å². The van der Waals surface area contributed by atoms with Gasteiger partial charge in [-0.1, -0.05) is 19.9 Å². The summed E-state index contributed by atoms with van der Waals surface area (Å²) in [4.78, 5) is 73.3. The predicted molar refractivity (Wildman–Crippen MR) is 280 cm³/mol. The Kier molecular flexibility index (Phi) is 13.8. The molecule has 400 valence electrons. The monoisotopic (exact) mass is 1040 g/mol. The van der Waals surface area contributed by atoms with Crippen molar-refractivity contribution in [3.05, 3.63) is 95.6 Å². The molecule has 5 unspecified atom stereocenters. The fourth-order valence-electron chi connectivity index (χ4n) is 12.3. The highest BCUT2D eigenvalue weighted by Gasteiger charge is 2.43. The van der Waals surface area contributed by atoms with Crippen LogP contribution in [0.3, 0.4) is 0 Å². The van der Waals surface area contributed by atoms with E-state index in [4.69, 9.17) is 33.7 Å². The lowest BCUT2D eigenvalue weighted by atomic mass is 9.85. The Labute approximate surface area is 440 Å². The number of alkyl carbamates (subject to hydrolysis) is 2. The van der Waals surface area contributed by atoms with Crippen LogP contribution in [-0.2, 0) is 30.2 Å². The van der Waals surface area contributed by atoms with Gasteiger partial charge in [0.05, 0.1) is 85.2 Å². The van der Waals surface area contributed by atoms with Gasteiger partial charge in [0.25, 0.3) is 0 Å². The molecule has 11 rings (SSSR count). The van der Waals surface area contributed by atoms with Crippen LogP contribution in [0.15, 0.2) is 67.0 Å². The highest BCUT2D eigenvalue weighted by atomic mass is 19.1. The molecule has 0 spiro atoms. The SMILES string of the molecule is COC(=O)NC(C(=O)N1CCC[C@H]1c1ncc(-c2cc(F)c3c(c2)OC(c2ccc4c(c2)CCC(C)O4)n2c-3cc3cc(-c4cnc([C@@H]5CCCN5C(=O)C(NC(=O)OC)C5C[C@@H](C)O[C@@H](C)C5)[nH]4)ccc32)[nH]1)C(C)C. The number of hydrogen-bond donors (Lipinski definition) is 4. The minimum atomic E-state index is -0.782. The van der Waals surface area contributed by atoms with E-state index >= 15 is 4.39 Å². The minimum absolute atomic E-state index is 0.0569. The first-order chi connectivity index (χ1) is 36.7. The number of aromatic nitrogens is 5. The normalized spacial score (nSPS) is 23.7. The van der Waals surface area contributed by atoms with Crippen molar-refractivity contribution < 1.29 is 47.3 Å². The van der Waals surface area contributed by atoms with Crippen LogP contribution in [0, 0.1) is 17.7 Å². The number of hydrogen-bond acceptors (Lipinski definition) is 11. The molecule has 18 nitrogen and oxygen atoms in total. The van der Waals surface area contributed by atoms with Crippen molar-refractivity contribution >= 4 is 34.9 Å². The molecule has 3 saturated heterocycles. The Morgan fingerprint density at radius 2 is 1.39 bits per heavy atom. The zero-order valence-electron chi connectivity index (χ0n) is 44.0. The Bertz CT molecular complexity index is 3190. The Hall–Kier alpha value is -7.41. The molecule has 6 aromatic rings. The van der Waals surface area contributed by atoms with Crippen LogP contribution in [0.1, 0.15) is 121 Å². The molecule has 0 radical (unpaired) electrons. The molecule has 3 aromatic heterocycles. The average Bonchev–Trinajstić information content (AvgIpc) is 4.29. The van der Waals surface area contributed by atoms with Crippen LogP contribution in [-0.4, -0.2) is 116 Å². The fraction of sp³-hybridized carbons (Fsp3) is 0.474. The van der Waals surface area contributed by atoms with Crippen LogP contribution in [0.25, 0.3) is 44.7 Å². The maximum atomic E-state index is 17.1. The molecule has 9 atom stereocenters. The summed E-state index contributed by atoms with van der Waals surface area (Å²) in [6.45, 7) is 10.8. The Morgan fingerprint density at radius 3 is 2.07 bits per heavy atom. The summed E-state index contributed by atoms with van der Waals surface area (Å²) in [5.74, 6) is 1.24. The number of carbonyl (C=O) groups excluding carboxylic acids is 4. The van der Waals surface area contributed by atoms with Gasteiger partial charge in [-0.2, -0.15) is 0 Å². The number of aryl methyl sites for hydroxylation is 1. The zero-order chi connectivity index (χ0) is 53.1. The molecule has 3 fully saturated rings. The number of amides is 4. The van der Waals surface area contributed by atoms with Gasteiger partial charge in [-0.25, -0.2) is 23.9 Å². The zero-order valence-corrected chi connectivity index (χ0v) is 44.0. The first-order valence-electron chi connectivity index (χ1n) is 26.7. The molecule has 5 aliphatic heterocycles. The highest BCUT2D eigenvalue weighted by molar-refractivity contribution is 5.93. The highest BCUT2D eigenvalue weighted by Crippen LogP contribution is 2.48. The molecule has 8 heterocycles. The third-order valence-electron chi connectivity index (χ3n) is 16.0. The van der Waals surface area contributed by atoms with E-state index in [0.29, 0.717) is 78.7 Å². The number of H-pyrrole nitrogens is 2. The maximum Gasteiger partial charge on any atom is 0.407 e. The number of halogens is 1. The van der Waals surface area contributed by atoms with E-state index in [1.165, 1.54) is 20.3 Å². The Morgan fingerprint density at radius 1 is 0.737 bits per heavy atom. The smallest absolute Gasteiger partial charge is 0.407 e. The summed E-state index contributed by atoms with van der Waals surface area (Å²) in [7, 11) is 2.57. The number of rotatable bonds is 11. The fourth-order valence-corrected chi connectivity index (χ4v) is 12.3. The van der Waals surface area contributed by atoms with E-state index in [0.717, 1.165) is 64.7 Å². The standard InChI is InChI=1S/C57H66FN9O9/c1-29(2)49(63-56(70)72-6)53(68)65-18-8-10-43(65)52-60-28-41(62-52)36-24-39(58)48-45-25-37-22-33(14-16-42(37)67(45)55(76-47(48)26-36)35-15-17-46-34(23-35)13-12-30(3)75-46)40-27-59-51(61-40)44-11-9-19-66(44)54(69)50(64-57(71)73-7)38-20-31(4)74-32(5)21-38/h14-17,22-32,38,43-44,49-50,55H,8-13,18-21H2,1-7H3,(H,59,61)(H,60,62)(H,63,70)(H,64,71)/t30?,31-,32+,38?,43-,44-,49?,50?,55?/m0/s1. The van der Waals surface area contributed by atoms with Crippen LogP contribution < -0.4 is 20.1 Å². The van der Waals surface area contributed by atoms with Gasteiger partial charge in [-0.05, 0) is 138 Å². The lowest BCUT2D eigenvalue weighted by molar-refractivity contribution is -0.138. The van der Waals surface area contributed by atoms with Gasteiger partial charge < -0.3 is 58.7 Å². The summed E-state index contributed by atoms with van der Waals surface area (Å²) >= 11 is 0. The van der Waals surface area contributed by atoms with Crippen molar-refractivity contribution in [2.45, 2.75) is 135 Å². The second-order valence-corrected chi connectivity index (χ2v) is 21.5. The van der Waals surface area contributed by atoms with Crippen molar-refractivity contribution in [2.24, 2.45) is 11.8 Å². The Balaban J connectivity index is 0.912. The largest absolute Gasteiger partial charge is 0.490 e. The van der Waals surface area contributed by atoms with Gasteiger partial charge >= 0.3 is 12.2 Å². The van der Waals surface area contributed by atoms with Crippen molar-refractivity contribution in [3.8, 4) is 45.3 Å². The number of methoxy groups -OCH3 is 2. The second-order valence-electron chi connectivity index (χ2n) is 21.5. The van der Waals surface area contributed by atoms with Crippen LogP contribution in [0.4, 0.5) is 14.0 Å². The molecule has 0 aliphatic carbocycles. The molecule has 5 aliphatic rings. The second kappa shape index (κ2) is 20.6. The number of carbonyl (C=O) groups is 4. The minimum Gasteiger partial charge on any atom is -0.490 e. The molecule has 4 amide bonds. The number of benzene rings is 3. The van der Waals surface area contributed by atoms with E-state index in [1.54, 1.807) is 17.3 Å². The van der Waals surface area contributed by atoms with Crippen molar-refractivity contribution in [2.75, 3.05) is 27.3 Å². The van der Waals surface area contributed by atoms with Crippen LogP contribution in [0.2, 0.25) is 0 Å². The quantitative estimate of drug-likeness (QED) is 0.0961. The van der Waals surface area contributed by atoms with Gasteiger partial charge in [0.15, 0.2) is 0 Å². The topological polar surface area (TPSA) is 207 Å². The summed E-state index contributed by atoms with van der Waals surface area (Å²) in [5.41, 5.74) is 6.45. The molecule has 4 N–H and O–H groups in total. The number of likely N-dealkylation sites (tertiary alicyclic amines) is 2. The predicted octanol–water partition coefficient (Wildman–Crippen LogP) is 9.52. The molecule has 0 bridgehead atoms. The van der Waals surface area contributed by atoms with Gasteiger partial charge in [0.1, 0.15) is 41.0 Å². The van der Waals surface area contributed by atoms with Crippen LogP contribution in [0.5, 0.6) is 11.5 Å². The van der Waals surface area contributed by atoms with Gasteiger partial charge in [-0.15, -0.1) is 0 Å². The summed E-state index contributed by atoms with van der Waals surface area (Å²) in [5, 5.41) is 6.41. The van der Waals surface area contributed by atoms with E-state index < -0.39 is 36.3 Å². The van der Waals surface area contributed by atoms with E-state index in [9.17, 15) is 19.2 Å². The van der Waals surface area contributed by atoms with Gasteiger partial charge in [0, 0.05) is 35.2 Å². The number of aromatic amines is 2. The molecular formula is C57H66FN9O9. The summed E-state index contributed by atoms with van der Waals surface area (Å²) < 4.78 is 48.1. The lowest BCUT2D eigenvalue weighted by Gasteiger charge is -2.38. The molecule has 0 saturated carbocycles. The number of ether oxygens (including phenoxy) is 5. The first-order valence-corrected chi connectivity index (χ1v) is 26.7. The van der Waals surface area contributed by atoms with Gasteiger partial charge in [-0.3, -0.25) is 9.59 Å². The lowest BCUT2D eigenvalue weighted by Crippen LogP contribution is -2.54. The summed E-state index contributed by atoms with van der Waals surface area (Å²) in [6.07, 6.45) is 7.32. The summed E-state index contributed by atoms with van der Waals surface area (Å²) in [6, 6.07) is 15.3. The number of nitrogens with zero attached hydrogens (tertiary/aromatic N) is 5. The van der Waals surface area contributed by atoms with Crippen molar-refractivity contribution in [3.63, 3.8) is 0 Å². The number of fused-ring (bicyclic) bond motifs is 6. The third-order valence-corrected chi connectivity index (χ3v) is 16.0. The van der Waals surface area contributed by atoms with Crippen LogP contribution >= 0.6 is 0 Å². The van der Waals surface area contributed by atoms with Crippen molar-refractivity contribution in [1.29, 1.82) is 0 Å². The molecule has 76 heavy (non-hydrogen) atoms. The average molecular weight is 1040 g/mol. The maximum absolute atomic E-state index is 17.1. The molecule has 3 aromatic carbocycles. The number of imidazole rings is 2. The van der Waals surface area contributed by atoms with E-state index in [1.807, 2.05) is 69.0 Å². The van der Waals surface area contributed by atoms with E-state index in [-0.39, 0.29) is 54.0 Å². The third kappa shape index (κ3) is 9.51.